The van der Waals surface area contributed by atoms with Crippen LogP contribution in [0.5, 0.6) is 0 Å². The van der Waals surface area contributed by atoms with Crippen LogP contribution in [0.15, 0.2) is 12.4 Å². The van der Waals surface area contributed by atoms with Crippen molar-refractivity contribution in [2.24, 2.45) is 5.92 Å². The van der Waals surface area contributed by atoms with Crippen molar-refractivity contribution in [2.75, 3.05) is 26.2 Å². The number of halogens is 1. The van der Waals surface area contributed by atoms with E-state index in [0.29, 0.717) is 31.1 Å². The number of nitrogens with zero attached hydrogens (tertiary/aromatic N) is 3. The third-order valence-electron chi connectivity index (χ3n) is 5.77. The molecule has 146 valence electrons. The van der Waals surface area contributed by atoms with Gasteiger partial charge in [0.1, 0.15) is 0 Å². The number of likely N-dealkylation sites (tertiary alicyclic amines) is 1. The van der Waals surface area contributed by atoms with Gasteiger partial charge >= 0.3 is 0 Å². The molecule has 2 heterocycles. The predicted molar refractivity (Wildman–Crippen MR) is 102 cm³/mol. The molecule has 1 saturated carbocycles. The molecule has 0 spiro atoms. The Bertz CT molecular complexity index is 588. The van der Waals surface area contributed by atoms with Crippen molar-refractivity contribution in [3.63, 3.8) is 0 Å². The molecular weight excluding hydrogens is 352 g/mol. The molecule has 7 heteroatoms. The topological polar surface area (TPSA) is 70.4 Å². The van der Waals surface area contributed by atoms with Crippen molar-refractivity contribution in [3.05, 3.63) is 17.4 Å². The fourth-order valence-electron chi connectivity index (χ4n) is 4.21. The van der Waals surface area contributed by atoms with Crippen LogP contribution in [0.25, 0.3) is 0 Å². The van der Waals surface area contributed by atoms with Gasteiger partial charge < -0.3 is 15.3 Å². The lowest BCUT2D eigenvalue weighted by Crippen LogP contribution is -2.58. The van der Waals surface area contributed by atoms with Gasteiger partial charge in [0.2, 0.25) is 0 Å². The molecule has 0 bridgehead atoms. The van der Waals surface area contributed by atoms with Gasteiger partial charge in [-0.1, -0.05) is 43.7 Å². The average Bonchev–Trinajstić information content (AvgIpc) is 3.06. The summed E-state index contributed by atoms with van der Waals surface area (Å²) >= 11 is 5.84. The molecule has 1 aliphatic carbocycles. The molecule has 2 aliphatic rings. The highest BCUT2D eigenvalue weighted by Crippen LogP contribution is 2.28. The Morgan fingerprint density at radius 2 is 2.08 bits per heavy atom. The minimum atomic E-state index is -1.27. The summed E-state index contributed by atoms with van der Waals surface area (Å²) in [5.74, 6) is 0.653. The maximum Gasteiger partial charge on any atom is 0.255 e. The van der Waals surface area contributed by atoms with Crippen LogP contribution in [0.1, 0.15) is 51.4 Å². The van der Waals surface area contributed by atoms with E-state index >= 15 is 0 Å². The molecule has 3 rings (SSSR count). The van der Waals surface area contributed by atoms with Crippen LogP contribution in [0, 0.1) is 5.92 Å². The highest BCUT2D eigenvalue weighted by molar-refractivity contribution is 6.30. The molecule has 1 saturated heterocycles. The molecule has 2 fully saturated rings. The number of carbonyl (C=O) groups excluding carboxylic acids is 1. The Morgan fingerprint density at radius 3 is 2.81 bits per heavy atom. The summed E-state index contributed by atoms with van der Waals surface area (Å²) in [5, 5.41) is 18.8. The molecule has 1 atom stereocenters. The van der Waals surface area contributed by atoms with E-state index in [-0.39, 0.29) is 5.91 Å². The van der Waals surface area contributed by atoms with E-state index in [1.54, 1.807) is 17.1 Å². The van der Waals surface area contributed by atoms with Crippen molar-refractivity contribution in [1.29, 1.82) is 0 Å². The molecule has 1 aliphatic heterocycles. The van der Waals surface area contributed by atoms with Gasteiger partial charge in [0.25, 0.3) is 5.91 Å². The summed E-state index contributed by atoms with van der Waals surface area (Å²) in [6, 6.07) is 0. The maximum atomic E-state index is 12.8. The van der Waals surface area contributed by atoms with Crippen molar-refractivity contribution in [1.82, 2.24) is 20.0 Å². The van der Waals surface area contributed by atoms with Gasteiger partial charge in [-0.3, -0.25) is 9.48 Å². The molecule has 0 unspecified atom stereocenters. The highest BCUT2D eigenvalue weighted by Gasteiger charge is 2.41. The standard InChI is InChI=1S/C19H31ClN4O2/c20-17-13-22-24(14-17)12-9-21-15-19(26)8-4-10-23(18(19)25)11-7-16-5-2-1-3-6-16/h13-14,16,21,26H,1-12,15H2/t19-/m0/s1. The maximum absolute atomic E-state index is 12.8. The zero-order valence-corrected chi connectivity index (χ0v) is 16.3. The van der Waals surface area contributed by atoms with Gasteiger partial charge in [0.05, 0.1) is 17.8 Å². The SMILES string of the molecule is O=C1N(CCC2CCCCC2)CCC[C@]1(O)CNCCn1cc(Cl)cn1. The molecule has 6 nitrogen and oxygen atoms in total. The third kappa shape index (κ3) is 5.21. The van der Waals surface area contributed by atoms with Crippen LogP contribution in [0.4, 0.5) is 0 Å². The summed E-state index contributed by atoms with van der Waals surface area (Å²) in [5.41, 5.74) is -1.27. The highest BCUT2D eigenvalue weighted by atomic mass is 35.5. The number of aliphatic hydroxyl groups is 1. The van der Waals surface area contributed by atoms with Crippen molar-refractivity contribution in [2.45, 2.75) is 63.5 Å². The Balaban J connectivity index is 1.42. The quantitative estimate of drug-likeness (QED) is 0.677. The lowest BCUT2D eigenvalue weighted by Gasteiger charge is -2.39. The Morgan fingerprint density at radius 1 is 1.27 bits per heavy atom. The summed E-state index contributed by atoms with van der Waals surface area (Å²) in [7, 11) is 0. The Kier molecular flexibility index (Phi) is 6.95. The monoisotopic (exact) mass is 382 g/mol. The Labute approximate surface area is 160 Å². The second kappa shape index (κ2) is 9.20. The second-order valence-electron chi connectivity index (χ2n) is 7.82. The number of hydrogen-bond donors (Lipinski definition) is 2. The zero-order chi connectivity index (χ0) is 18.4. The smallest absolute Gasteiger partial charge is 0.255 e. The fraction of sp³-hybridized carbons (Fsp3) is 0.789. The summed E-state index contributed by atoms with van der Waals surface area (Å²) in [6.45, 7) is 3.15. The summed E-state index contributed by atoms with van der Waals surface area (Å²) in [4.78, 5) is 14.7. The normalized spacial score (nSPS) is 25.0. The van der Waals surface area contributed by atoms with Crippen LogP contribution < -0.4 is 5.32 Å². The zero-order valence-electron chi connectivity index (χ0n) is 15.5. The van der Waals surface area contributed by atoms with Crippen LogP contribution in [-0.4, -0.2) is 57.5 Å². The van der Waals surface area contributed by atoms with Gasteiger partial charge in [-0.2, -0.15) is 5.10 Å². The molecular formula is C19H31ClN4O2. The average molecular weight is 383 g/mol. The summed E-state index contributed by atoms with van der Waals surface area (Å²) < 4.78 is 1.75. The predicted octanol–water partition coefficient (Wildman–Crippen LogP) is 2.45. The van der Waals surface area contributed by atoms with E-state index in [9.17, 15) is 9.90 Å². The summed E-state index contributed by atoms with van der Waals surface area (Å²) in [6.07, 6.45) is 12.4. The molecule has 26 heavy (non-hydrogen) atoms. The minimum absolute atomic E-state index is 0.103. The van der Waals surface area contributed by atoms with E-state index in [1.807, 2.05) is 4.90 Å². The first-order valence-electron chi connectivity index (χ1n) is 9.97. The van der Waals surface area contributed by atoms with Gasteiger partial charge in [0.15, 0.2) is 5.60 Å². The number of amides is 1. The molecule has 1 amide bonds. The lowest BCUT2D eigenvalue weighted by molar-refractivity contribution is -0.156. The van der Waals surface area contributed by atoms with E-state index < -0.39 is 5.60 Å². The lowest BCUT2D eigenvalue weighted by atomic mass is 9.86. The van der Waals surface area contributed by atoms with E-state index in [1.165, 1.54) is 32.1 Å². The first kappa shape index (κ1) is 19.6. The number of nitrogens with one attached hydrogen (secondary N) is 1. The van der Waals surface area contributed by atoms with Crippen molar-refractivity contribution >= 4 is 17.5 Å². The van der Waals surface area contributed by atoms with Crippen LogP contribution >= 0.6 is 11.6 Å². The molecule has 0 radical (unpaired) electrons. The van der Waals surface area contributed by atoms with Gasteiger partial charge in [-0.15, -0.1) is 0 Å². The third-order valence-corrected chi connectivity index (χ3v) is 5.97. The second-order valence-corrected chi connectivity index (χ2v) is 8.25. The minimum Gasteiger partial charge on any atom is -0.379 e. The van der Waals surface area contributed by atoms with Crippen LogP contribution in [-0.2, 0) is 11.3 Å². The number of piperidine rings is 1. The van der Waals surface area contributed by atoms with Gasteiger partial charge in [0, 0.05) is 32.4 Å². The number of hydrogen-bond acceptors (Lipinski definition) is 4. The van der Waals surface area contributed by atoms with E-state index in [4.69, 9.17) is 11.6 Å². The van der Waals surface area contributed by atoms with Crippen molar-refractivity contribution < 1.29 is 9.90 Å². The molecule has 1 aromatic rings. The Hall–Kier alpha value is -1.11. The first-order valence-corrected chi connectivity index (χ1v) is 10.3. The largest absolute Gasteiger partial charge is 0.379 e. The number of carbonyl (C=O) groups is 1. The molecule has 1 aromatic heterocycles. The number of aromatic nitrogens is 2. The van der Waals surface area contributed by atoms with Crippen LogP contribution in [0.3, 0.4) is 0 Å². The fourth-order valence-corrected chi connectivity index (χ4v) is 4.36. The molecule has 2 N–H and O–H groups in total. The van der Waals surface area contributed by atoms with Crippen LogP contribution in [0.2, 0.25) is 5.02 Å². The number of rotatable bonds is 8. The van der Waals surface area contributed by atoms with E-state index in [0.717, 1.165) is 31.8 Å². The van der Waals surface area contributed by atoms with Crippen molar-refractivity contribution in [3.8, 4) is 0 Å². The van der Waals surface area contributed by atoms with E-state index in [2.05, 4.69) is 10.4 Å². The van der Waals surface area contributed by atoms with Gasteiger partial charge in [-0.05, 0) is 25.2 Å². The first-order chi connectivity index (χ1) is 12.6. The van der Waals surface area contributed by atoms with Gasteiger partial charge in [-0.25, -0.2) is 0 Å². The molecule has 0 aromatic carbocycles.